The smallest absolute Gasteiger partial charge is 0.270 e. The molecular weight excluding hydrogens is 468 g/mol. The highest BCUT2D eigenvalue weighted by molar-refractivity contribution is 6.05. The fourth-order valence-corrected chi connectivity index (χ4v) is 4.79. The number of carbonyl (C=O) groups excluding carboxylic acids is 1. The van der Waals surface area contributed by atoms with E-state index in [1.165, 1.54) is 23.8 Å². The number of aromatic nitrogens is 2. The molecule has 0 spiro atoms. The molecule has 0 saturated carbocycles. The molecule has 0 bridgehead atoms. The summed E-state index contributed by atoms with van der Waals surface area (Å²) >= 11 is 0. The van der Waals surface area contributed by atoms with Crippen LogP contribution < -0.4 is 5.32 Å². The molecule has 37 heavy (non-hydrogen) atoms. The van der Waals surface area contributed by atoms with E-state index in [4.69, 9.17) is 4.98 Å². The average Bonchev–Trinajstić information content (AvgIpc) is 3.23. The maximum atomic E-state index is 12.6. The third-order valence-electron chi connectivity index (χ3n) is 6.92. The van der Waals surface area contributed by atoms with E-state index < -0.39 is 10.8 Å². The molecule has 3 aromatic carbocycles. The zero-order chi connectivity index (χ0) is 25.8. The lowest BCUT2D eigenvalue weighted by Crippen LogP contribution is -2.46. The number of imidazole rings is 1. The van der Waals surface area contributed by atoms with Crippen molar-refractivity contribution >= 4 is 28.3 Å². The number of nitro groups is 1. The third kappa shape index (κ3) is 5.84. The molecule has 1 aromatic heterocycles. The highest BCUT2D eigenvalue weighted by Gasteiger charge is 2.18. The summed E-state index contributed by atoms with van der Waals surface area (Å²) in [5.41, 5.74) is 3.88. The topological polar surface area (TPSA) is 96.5 Å². The van der Waals surface area contributed by atoms with Crippen LogP contribution in [0.3, 0.4) is 0 Å². The van der Waals surface area contributed by atoms with Crippen molar-refractivity contribution < 1.29 is 9.72 Å². The van der Waals surface area contributed by atoms with E-state index in [0.29, 0.717) is 5.69 Å². The van der Waals surface area contributed by atoms with E-state index in [9.17, 15) is 14.9 Å². The number of fused-ring (bicyclic) bond motifs is 1. The SMILES string of the molecule is Cn1c(CCN2CCN(Cc3ccccc3)CC2)nc2cc(NC(=O)c3cccc([N+](=O)[O-])c3)ccc21. The minimum Gasteiger partial charge on any atom is -0.331 e. The van der Waals surface area contributed by atoms with Gasteiger partial charge >= 0.3 is 0 Å². The summed E-state index contributed by atoms with van der Waals surface area (Å²) in [5, 5.41) is 13.8. The molecule has 2 heterocycles. The Bertz CT molecular complexity index is 1410. The van der Waals surface area contributed by atoms with Crippen molar-refractivity contribution in [3.63, 3.8) is 0 Å². The van der Waals surface area contributed by atoms with E-state index >= 15 is 0 Å². The number of hydrogen-bond donors (Lipinski definition) is 1. The fourth-order valence-electron chi connectivity index (χ4n) is 4.79. The lowest BCUT2D eigenvalue weighted by atomic mass is 10.2. The van der Waals surface area contributed by atoms with Crippen LogP contribution in [0.1, 0.15) is 21.7 Å². The Kier molecular flexibility index (Phi) is 7.25. The molecule has 9 heteroatoms. The molecule has 1 aliphatic rings. The molecule has 5 rings (SSSR count). The number of carbonyl (C=O) groups is 1. The van der Waals surface area contributed by atoms with Crippen LogP contribution in [-0.4, -0.2) is 62.9 Å². The summed E-state index contributed by atoms with van der Waals surface area (Å²) < 4.78 is 2.10. The quantitative estimate of drug-likeness (QED) is 0.290. The number of rotatable bonds is 8. The molecular formula is C28H30N6O3. The highest BCUT2D eigenvalue weighted by Crippen LogP contribution is 2.22. The number of non-ortho nitro benzene ring substituents is 1. The van der Waals surface area contributed by atoms with E-state index in [0.717, 1.165) is 62.5 Å². The molecule has 1 fully saturated rings. The Morgan fingerprint density at radius 3 is 2.49 bits per heavy atom. The van der Waals surface area contributed by atoms with Gasteiger partial charge in [-0.05, 0) is 29.8 Å². The number of nitro benzene ring substituents is 1. The molecule has 1 saturated heterocycles. The van der Waals surface area contributed by atoms with Gasteiger partial charge < -0.3 is 14.8 Å². The molecule has 0 atom stereocenters. The van der Waals surface area contributed by atoms with Gasteiger partial charge in [-0.15, -0.1) is 0 Å². The minimum atomic E-state index is -0.511. The van der Waals surface area contributed by atoms with Crippen LogP contribution in [0.15, 0.2) is 72.8 Å². The molecule has 1 aliphatic heterocycles. The van der Waals surface area contributed by atoms with Crippen LogP contribution >= 0.6 is 0 Å². The standard InChI is InChI=1S/C28H30N6O3/c1-31-26-11-10-23(29-28(35)22-8-5-9-24(18-22)34(36)37)19-25(26)30-27(31)12-13-32-14-16-33(17-15-32)20-21-6-3-2-4-7-21/h2-11,18-19H,12-17,20H2,1H3,(H,29,35). The second-order valence-electron chi connectivity index (χ2n) is 9.41. The zero-order valence-electron chi connectivity index (χ0n) is 20.8. The van der Waals surface area contributed by atoms with Crippen LogP contribution in [0.2, 0.25) is 0 Å². The van der Waals surface area contributed by atoms with Crippen LogP contribution in [-0.2, 0) is 20.0 Å². The number of benzene rings is 3. The molecule has 190 valence electrons. The Labute approximate surface area is 215 Å². The zero-order valence-corrected chi connectivity index (χ0v) is 20.8. The molecule has 1 N–H and O–H groups in total. The van der Waals surface area contributed by atoms with Gasteiger partial charge in [-0.25, -0.2) is 4.98 Å². The first-order chi connectivity index (χ1) is 18.0. The second kappa shape index (κ2) is 10.9. The third-order valence-corrected chi connectivity index (χ3v) is 6.92. The van der Waals surface area contributed by atoms with Crippen molar-refractivity contribution in [2.45, 2.75) is 13.0 Å². The van der Waals surface area contributed by atoms with Crippen LogP contribution in [0, 0.1) is 10.1 Å². The predicted molar refractivity (Wildman–Crippen MR) is 144 cm³/mol. The molecule has 0 radical (unpaired) electrons. The van der Waals surface area contributed by atoms with Crippen molar-refractivity contribution in [2.24, 2.45) is 7.05 Å². The van der Waals surface area contributed by atoms with Crippen molar-refractivity contribution in [2.75, 3.05) is 38.0 Å². The van der Waals surface area contributed by atoms with Crippen LogP contribution in [0.4, 0.5) is 11.4 Å². The number of nitrogens with zero attached hydrogens (tertiary/aromatic N) is 5. The van der Waals surface area contributed by atoms with Crippen molar-refractivity contribution in [1.82, 2.24) is 19.4 Å². The molecule has 1 amide bonds. The maximum absolute atomic E-state index is 12.6. The molecule has 0 unspecified atom stereocenters. The number of amides is 1. The molecule has 4 aromatic rings. The Hall–Kier alpha value is -4.08. The minimum absolute atomic E-state index is 0.116. The number of hydrogen-bond acceptors (Lipinski definition) is 6. The molecule has 0 aliphatic carbocycles. The Morgan fingerprint density at radius 2 is 1.73 bits per heavy atom. The van der Waals surface area contributed by atoms with E-state index in [2.05, 4.69) is 50.0 Å². The predicted octanol–water partition coefficient (Wildman–Crippen LogP) is 4.09. The Balaban J connectivity index is 1.18. The highest BCUT2D eigenvalue weighted by atomic mass is 16.6. The summed E-state index contributed by atoms with van der Waals surface area (Å²) in [6.45, 7) is 6.16. The van der Waals surface area contributed by atoms with Gasteiger partial charge in [0.2, 0.25) is 0 Å². The number of nitrogens with one attached hydrogen (secondary N) is 1. The van der Waals surface area contributed by atoms with Crippen LogP contribution in [0.5, 0.6) is 0 Å². The monoisotopic (exact) mass is 498 g/mol. The van der Waals surface area contributed by atoms with E-state index in [1.807, 2.05) is 25.2 Å². The lowest BCUT2D eigenvalue weighted by Gasteiger charge is -2.34. The van der Waals surface area contributed by atoms with Crippen molar-refractivity contribution in [3.05, 3.63) is 99.9 Å². The number of piperazine rings is 1. The Morgan fingerprint density at radius 1 is 0.973 bits per heavy atom. The van der Waals surface area contributed by atoms with Gasteiger partial charge in [-0.1, -0.05) is 36.4 Å². The normalized spacial score (nSPS) is 14.6. The fraction of sp³-hybridized carbons (Fsp3) is 0.286. The molecule has 9 nitrogen and oxygen atoms in total. The summed E-state index contributed by atoms with van der Waals surface area (Å²) in [6, 6.07) is 21.9. The van der Waals surface area contributed by atoms with Gasteiger partial charge in [0.25, 0.3) is 11.6 Å². The van der Waals surface area contributed by atoms with Gasteiger partial charge in [0, 0.05) is 76.1 Å². The first-order valence-electron chi connectivity index (χ1n) is 12.5. The first-order valence-corrected chi connectivity index (χ1v) is 12.5. The summed E-state index contributed by atoms with van der Waals surface area (Å²) in [4.78, 5) is 33.0. The van der Waals surface area contributed by atoms with Gasteiger partial charge in [0.1, 0.15) is 5.82 Å². The first kappa shape index (κ1) is 24.6. The maximum Gasteiger partial charge on any atom is 0.270 e. The summed E-state index contributed by atoms with van der Waals surface area (Å²) in [7, 11) is 2.02. The summed E-state index contributed by atoms with van der Waals surface area (Å²) in [6.07, 6.45) is 0.846. The van der Waals surface area contributed by atoms with Crippen LogP contribution in [0.25, 0.3) is 11.0 Å². The van der Waals surface area contributed by atoms with E-state index in [-0.39, 0.29) is 11.3 Å². The lowest BCUT2D eigenvalue weighted by molar-refractivity contribution is -0.384. The largest absolute Gasteiger partial charge is 0.331 e. The second-order valence-corrected chi connectivity index (χ2v) is 9.41. The summed E-state index contributed by atoms with van der Waals surface area (Å²) in [5.74, 6) is 0.606. The van der Waals surface area contributed by atoms with Gasteiger partial charge in [-0.2, -0.15) is 0 Å². The van der Waals surface area contributed by atoms with Gasteiger partial charge in [0.05, 0.1) is 16.0 Å². The van der Waals surface area contributed by atoms with E-state index in [1.54, 1.807) is 6.07 Å². The van der Waals surface area contributed by atoms with Crippen molar-refractivity contribution in [1.29, 1.82) is 0 Å². The average molecular weight is 499 g/mol. The van der Waals surface area contributed by atoms with Gasteiger partial charge in [0.15, 0.2) is 0 Å². The van der Waals surface area contributed by atoms with Gasteiger partial charge in [-0.3, -0.25) is 19.8 Å². The van der Waals surface area contributed by atoms with Crippen molar-refractivity contribution in [3.8, 4) is 0 Å². The number of anilines is 1. The number of aryl methyl sites for hydroxylation is 1.